The molecule has 0 spiro atoms. The maximum Gasteiger partial charge on any atom is 0.272 e. The van der Waals surface area contributed by atoms with Gasteiger partial charge in [-0.05, 0) is 36.6 Å². The minimum Gasteiger partial charge on any atom is -0.349 e. The lowest BCUT2D eigenvalue weighted by Gasteiger charge is -2.26. The molecule has 29 heavy (non-hydrogen) atoms. The van der Waals surface area contributed by atoms with Crippen LogP contribution in [-0.2, 0) is 11.3 Å². The first kappa shape index (κ1) is 19.5. The highest BCUT2D eigenvalue weighted by molar-refractivity contribution is 6.30. The van der Waals surface area contributed by atoms with E-state index >= 15 is 0 Å². The fraction of sp³-hybridized carbons (Fsp3) is 0.318. The van der Waals surface area contributed by atoms with Gasteiger partial charge in [0.15, 0.2) is 5.69 Å². The number of amides is 2. The molecule has 0 bridgehead atoms. The second kappa shape index (κ2) is 8.66. The van der Waals surface area contributed by atoms with E-state index in [1.165, 1.54) is 0 Å². The van der Waals surface area contributed by atoms with Crippen molar-refractivity contribution in [2.75, 3.05) is 19.6 Å². The molecule has 4 rings (SSSR count). The van der Waals surface area contributed by atoms with Gasteiger partial charge in [-0.15, -0.1) is 0 Å². The van der Waals surface area contributed by atoms with E-state index in [9.17, 15) is 9.59 Å². The Balaban J connectivity index is 1.48. The zero-order chi connectivity index (χ0) is 20.2. The molecular formula is C22H23ClN4O2. The van der Waals surface area contributed by atoms with Crippen molar-refractivity contribution in [3.8, 4) is 0 Å². The first-order valence-electron chi connectivity index (χ1n) is 9.88. The molecule has 1 saturated heterocycles. The van der Waals surface area contributed by atoms with E-state index in [2.05, 4.69) is 10.4 Å². The van der Waals surface area contributed by atoms with Crippen LogP contribution < -0.4 is 5.32 Å². The maximum absolute atomic E-state index is 12.8. The van der Waals surface area contributed by atoms with Crippen LogP contribution in [0, 0.1) is 0 Å². The number of benzene rings is 2. The number of piperidine rings is 1. The lowest BCUT2D eigenvalue weighted by atomic mass is 10.1. The quantitative estimate of drug-likeness (QED) is 0.676. The van der Waals surface area contributed by atoms with Crippen molar-refractivity contribution in [2.24, 2.45) is 0 Å². The van der Waals surface area contributed by atoms with Gasteiger partial charge < -0.3 is 10.2 Å². The molecule has 1 aromatic heterocycles. The summed E-state index contributed by atoms with van der Waals surface area (Å²) >= 11 is 5.97. The van der Waals surface area contributed by atoms with Crippen LogP contribution in [0.3, 0.4) is 0 Å². The number of halogens is 1. The van der Waals surface area contributed by atoms with E-state index < -0.39 is 0 Å². The van der Waals surface area contributed by atoms with Crippen molar-refractivity contribution in [3.05, 3.63) is 64.8 Å². The van der Waals surface area contributed by atoms with Gasteiger partial charge in [0.25, 0.3) is 5.91 Å². The molecule has 1 aliphatic heterocycles. The third-order valence-electron chi connectivity index (χ3n) is 5.21. The summed E-state index contributed by atoms with van der Waals surface area (Å²) in [6.45, 7) is 2.28. The second-order valence-corrected chi connectivity index (χ2v) is 7.68. The minimum absolute atomic E-state index is 0.170. The fourth-order valence-electron chi connectivity index (χ4n) is 3.66. The number of fused-ring (bicyclic) bond motifs is 1. The van der Waals surface area contributed by atoms with E-state index in [1.54, 1.807) is 0 Å². The normalized spacial score (nSPS) is 14.4. The molecule has 0 unspecified atom stereocenters. The number of hydrogen-bond donors (Lipinski definition) is 1. The molecule has 1 N–H and O–H groups in total. The van der Waals surface area contributed by atoms with Crippen LogP contribution in [0.15, 0.2) is 48.5 Å². The molecule has 2 aromatic carbocycles. The Morgan fingerprint density at radius 3 is 2.69 bits per heavy atom. The lowest BCUT2D eigenvalue weighted by molar-refractivity contribution is -0.133. The predicted molar refractivity (Wildman–Crippen MR) is 113 cm³/mol. The average molecular weight is 411 g/mol. The fourth-order valence-corrected chi connectivity index (χ4v) is 3.79. The largest absolute Gasteiger partial charge is 0.349 e. The minimum atomic E-state index is -0.222. The first-order valence-corrected chi connectivity index (χ1v) is 10.3. The highest BCUT2D eigenvalue weighted by atomic mass is 35.5. The number of rotatable bonds is 6. The molecule has 0 saturated carbocycles. The van der Waals surface area contributed by atoms with Gasteiger partial charge in [-0.3, -0.25) is 14.3 Å². The summed E-state index contributed by atoms with van der Waals surface area (Å²) in [4.78, 5) is 26.5. The Morgan fingerprint density at radius 2 is 1.90 bits per heavy atom. The van der Waals surface area contributed by atoms with Crippen LogP contribution in [0.1, 0.15) is 35.3 Å². The number of carbonyl (C=O) groups excluding carboxylic acids is 2. The van der Waals surface area contributed by atoms with Crippen LogP contribution in [0.25, 0.3) is 10.9 Å². The zero-order valence-electron chi connectivity index (χ0n) is 16.1. The summed E-state index contributed by atoms with van der Waals surface area (Å²) in [6.07, 6.45) is 2.59. The van der Waals surface area contributed by atoms with Crippen molar-refractivity contribution in [1.82, 2.24) is 20.0 Å². The highest BCUT2D eigenvalue weighted by Gasteiger charge is 2.20. The van der Waals surface area contributed by atoms with Crippen molar-refractivity contribution in [3.63, 3.8) is 0 Å². The summed E-state index contributed by atoms with van der Waals surface area (Å²) in [7, 11) is 0. The SMILES string of the molecule is O=C(NCCN1CCCCC1=O)c1nn(Cc2ccc(Cl)cc2)c2ccccc12. The van der Waals surface area contributed by atoms with Gasteiger partial charge >= 0.3 is 0 Å². The van der Waals surface area contributed by atoms with Gasteiger partial charge in [0.2, 0.25) is 5.91 Å². The number of carbonyl (C=O) groups is 2. The van der Waals surface area contributed by atoms with Crippen LogP contribution in [-0.4, -0.2) is 46.1 Å². The molecule has 150 valence electrons. The van der Waals surface area contributed by atoms with Crippen molar-refractivity contribution in [2.45, 2.75) is 25.8 Å². The van der Waals surface area contributed by atoms with Crippen LogP contribution >= 0.6 is 11.6 Å². The molecule has 1 fully saturated rings. The number of para-hydroxylation sites is 1. The third kappa shape index (κ3) is 4.43. The molecule has 2 amide bonds. The lowest BCUT2D eigenvalue weighted by Crippen LogP contribution is -2.41. The van der Waals surface area contributed by atoms with Crippen molar-refractivity contribution >= 4 is 34.3 Å². The molecule has 0 aliphatic carbocycles. The van der Waals surface area contributed by atoms with Crippen molar-refractivity contribution in [1.29, 1.82) is 0 Å². The number of aromatic nitrogens is 2. The number of hydrogen-bond acceptors (Lipinski definition) is 3. The molecule has 3 aromatic rings. The molecule has 2 heterocycles. The van der Waals surface area contributed by atoms with Gasteiger partial charge in [-0.2, -0.15) is 5.10 Å². The van der Waals surface area contributed by atoms with Crippen LogP contribution in [0.4, 0.5) is 0 Å². The van der Waals surface area contributed by atoms with E-state index in [1.807, 2.05) is 58.1 Å². The Morgan fingerprint density at radius 1 is 1.10 bits per heavy atom. The second-order valence-electron chi connectivity index (χ2n) is 7.24. The van der Waals surface area contributed by atoms with Crippen molar-refractivity contribution < 1.29 is 9.59 Å². The summed E-state index contributed by atoms with van der Waals surface area (Å²) in [5.41, 5.74) is 2.36. The Kier molecular flexibility index (Phi) is 5.81. The van der Waals surface area contributed by atoms with Crippen LogP contribution in [0.5, 0.6) is 0 Å². The average Bonchev–Trinajstić information content (AvgIpc) is 3.10. The van der Waals surface area contributed by atoms with Gasteiger partial charge in [0.05, 0.1) is 12.1 Å². The van der Waals surface area contributed by atoms with Gasteiger partial charge in [0.1, 0.15) is 0 Å². The third-order valence-corrected chi connectivity index (χ3v) is 5.46. The van der Waals surface area contributed by atoms with Crippen LogP contribution in [0.2, 0.25) is 5.02 Å². The van der Waals surface area contributed by atoms with Gasteiger partial charge in [-0.25, -0.2) is 0 Å². The smallest absolute Gasteiger partial charge is 0.272 e. The molecule has 6 nitrogen and oxygen atoms in total. The topological polar surface area (TPSA) is 67.2 Å². The number of nitrogens with one attached hydrogen (secondary N) is 1. The molecule has 0 atom stereocenters. The van der Waals surface area contributed by atoms with Gasteiger partial charge in [0, 0.05) is 36.5 Å². The predicted octanol–water partition coefficient (Wildman–Crippen LogP) is 3.48. The Hall–Kier alpha value is -2.86. The van der Waals surface area contributed by atoms with E-state index in [4.69, 9.17) is 11.6 Å². The summed E-state index contributed by atoms with van der Waals surface area (Å²) in [5, 5.41) is 9.00. The molecular weight excluding hydrogens is 388 g/mol. The maximum atomic E-state index is 12.8. The summed E-state index contributed by atoms with van der Waals surface area (Å²) in [6, 6.07) is 15.3. The standard InChI is InChI=1S/C22H23ClN4O2/c23-17-10-8-16(9-11-17)15-27-19-6-2-1-5-18(19)21(25-27)22(29)24-12-14-26-13-4-3-7-20(26)28/h1-2,5-6,8-11H,3-4,7,12-15H2,(H,24,29). The summed E-state index contributed by atoms with van der Waals surface area (Å²) in [5.74, 6) is -0.0521. The summed E-state index contributed by atoms with van der Waals surface area (Å²) < 4.78 is 1.83. The van der Waals surface area contributed by atoms with E-state index in [0.29, 0.717) is 36.8 Å². The van der Waals surface area contributed by atoms with E-state index in [0.717, 1.165) is 35.9 Å². The Bertz CT molecular complexity index is 1030. The highest BCUT2D eigenvalue weighted by Crippen LogP contribution is 2.20. The molecule has 1 aliphatic rings. The number of nitrogens with zero attached hydrogens (tertiary/aromatic N) is 3. The molecule has 7 heteroatoms. The number of likely N-dealkylation sites (tertiary alicyclic amines) is 1. The van der Waals surface area contributed by atoms with E-state index in [-0.39, 0.29) is 11.8 Å². The first-order chi connectivity index (χ1) is 14.1. The van der Waals surface area contributed by atoms with Gasteiger partial charge in [-0.1, -0.05) is 41.9 Å². The zero-order valence-corrected chi connectivity index (χ0v) is 16.9. The molecule has 0 radical (unpaired) electrons. The monoisotopic (exact) mass is 410 g/mol. The Labute approximate surface area is 174 Å².